The molecule has 4 heterocycles. The number of hydrogen-bond donors (Lipinski definition) is 1. The number of nitrogens with zero attached hydrogens (tertiary/aromatic N) is 5. The zero-order chi connectivity index (χ0) is 22.8. The van der Waals surface area contributed by atoms with Crippen LogP contribution in [-0.4, -0.2) is 44.5 Å². The highest BCUT2D eigenvalue weighted by Gasteiger charge is 2.20. The number of hydrogen-bond acceptors (Lipinski definition) is 9. The zero-order valence-electron chi connectivity index (χ0n) is 18.9. The van der Waals surface area contributed by atoms with Crippen LogP contribution in [0, 0.1) is 13.8 Å². The smallest absolute Gasteiger partial charge is 0.146 e. The Morgan fingerprint density at radius 3 is 2.67 bits per heavy atom. The van der Waals surface area contributed by atoms with Gasteiger partial charge in [0.05, 0.1) is 30.6 Å². The fourth-order valence-corrected chi connectivity index (χ4v) is 4.60. The van der Waals surface area contributed by atoms with Crippen molar-refractivity contribution in [2.75, 3.05) is 18.5 Å². The zero-order valence-corrected chi connectivity index (χ0v) is 19.7. The van der Waals surface area contributed by atoms with Crippen LogP contribution in [-0.2, 0) is 4.74 Å². The maximum absolute atomic E-state index is 6.45. The van der Waals surface area contributed by atoms with Crippen LogP contribution < -0.4 is 10.1 Å². The van der Waals surface area contributed by atoms with Gasteiger partial charge >= 0.3 is 0 Å². The highest BCUT2D eigenvalue weighted by atomic mass is 32.1. The molecular weight excluding hydrogens is 436 g/mol. The number of nitrogens with one attached hydrogen (secondary N) is 1. The predicted molar refractivity (Wildman–Crippen MR) is 129 cm³/mol. The third-order valence-corrected chi connectivity index (χ3v) is 6.61. The number of ether oxygens (including phenoxy) is 2. The maximum Gasteiger partial charge on any atom is 0.146 e. The molecule has 0 bridgehead atoms. The van der Waals surface area contributed by atoms with Gasteiger partial charge in [-0.15, -0.1) is 11.3 Å². The van der Waals surface area contributed by atoms with E-state index in [2.05, 4.69) is 43.5 Å². The Bertz CT molecular complexity index is 1250. The van der Waals surface area contributed by atoms with Crippen molar-refractivity contribution in [3.05, 3.63) is 53.1 Å². The molecule has 1 saturated heterocycles. The Hall–Kier alpha value is -3.17. The monoisotopic (exact) mass is 462 g/mol. The van der Waals surface area contributed by atoms with E-state index in [-0.39, 0.29) is 12.1 Å². The summed E-state index contributed by atoms with van der Waals surface area (Å²) < 4.78 is 11.9. The minimum Gasteiger partial charge on any atom is -0.488 e. The molecule has 1 N–H and O–H groups in total. The average molecular weight is 463 g/mol. The van der Waals surface area contributed by atoms with Crippen LogP contribution >= 0.6 is 11.3 Å². The summed E-state index contributed by atoms with van der Waals surface area (Å²) in [4.78, 5) is 14.9. The number of anilines is 1. The van der Waals surface area contributed by atoms with Crippen LogP contribution in [0.1, 0.15) is 42.1 Å². The molecule has 9 heteroatoms. The number of fused-ring (bicyclic) bond motifs is 1. The summed E-state index contributed by atoms with van der Waals surface area (Å²) in [5, 5.41) is 13.8. The van der Waals surface area contributed by atoms with E-state index in [1.165, 1.54) is 0 Å². The van der Waals surface area contributed by atoms with Crippen LogP contribution in [0.15, 0.2) is 36.8 Å². The van der Waals surface area contributed by atoms with Gasteiger partial charge in [-0.3, -0.25) is 0 Å². The highest BCUT2D eigenvalue weighted by molar-refractivity contribution is 7.14. The molecular formula is C24H26N6O2S. The Labute approximate surface area is 196 Å². The van der Waals surface area contributed by atoms with E-state index in [1.54, 1.807) is 17.7 Å². The molecule has 1 fully saturated rings. The lowest BCUT2D eigenvalue weighted by atomic mass is 10.1. The number of thiazole rings is 1. The van der Waals surface area contributed by atoms with E-state index in [9.17, 15) is 0 Å². The third kappa shape index (κ3) is 4.79. The fourth-order valence-electron chi connectivity index (χ4n) is 3.84. The summed E-state index contributed by atoms with van der Waals surface area (Å²) in [5.74, 6) is 1.47. The second-order valence-electron chi connectivity index (χ2n) is 8.26. The fraction of sp³-hybridized carbons (Fsp3) is 0.375. The van der Waals surface area contributed by atoms with Gasteiger partial charge in [-0.1, -0.05) is 0 Å². The van der Waals surface area contributed by atoms with Crippen molar-refractivity contribution in [3.8, 4) is 16.3 Å². The quantitative estimate of drug-likeness (QED) is 0.433. The van der Waals surface area contributed by atoms with Crippen LogP contribution in [0.2, 0.25) is 0 Å². The Balaban J connectivity index is 1.56. The van der Waals surface area contributed by atoms with Crippen molar-refractivity contribution in [1.82, 2.24) is 25.1 Å². The van der Waals surface area contributed by atoms with E-state index in [0.29, 0.717) is 13.2 Å². The van der Waals surface area contributed by atoms with Gasteiger partial charge in [-0.2, -0.15) is 10.2 Å². The normalized spacial score (nSPS) is 15.5. The summed E-state index contributed by atoms with van der Waals surface area (Å²) in [7, 11) is 0. The molecule has 1 aliphatic heterocycles. The molecule has 0 radical (unpaired) electrons. The molecule has 170 valence electrons. The first-order valence-electron chi connectivity index (χ1n) is 11.1. The van der Waals surface area contributed by atoms with Gasteiger partial charge in [0.25, 0.3) is 0 Å². The minimum absolute atomic E-state index is 0.0816. The SMILES string of the molecule is Cc1ccc([C@@H](C)Nc2ncnc3c(OC4CCOCC4)cc(-c4ncc(C)s4)cc23)nn1. The Morgan fingerprint density at radius 2 is 1.94 bits per heavy atom. The van der Waals surface area contributed by atoms with Crippen LogP contribution in [0.25, 0.3) is 21.5 Å². The number of rotatable bonds is 6. The van der Waals surface area contributed by atoms with Crippen molar-refractivity contribution in [2.45, 2.75) is 45.8 Å². The highest BCUT2D eigenvalue weighted by Crippen LogP contribution is 2.37. The lowest BCUT2D eigenvalue weighted by molar-refractivity contribution is 0.0261. The summed E-state index contributed by atoms with van der Waals surface area (Å²) in [6.07, 6.45) is 5.29. The van der Waals surface area contributed by atoms with Gasteiger partial charge in [0.1, 0.15) is 34.5 Å². The molecule has 1 atom stereocenters. The maximum atomic E-state index is 6.45. The van der Waals surface area contributed by atoms with Gasteiger partial charge in [-0.25, -0.2) is 15.0 Å². The van der Waals surface area contributed by atoms with Gasteiger partial charge < -0.3 is 14.8 Å². The molecule has 1 aliphatic rings. The standard InChI is InChI=1S/C24H26N6O2S/c1-14-4-5-20(30-29-14)16(3)28-23-19-10-17(24-25-12-15(2)33-24)11-21(22(19)26-13-27-23)32-18-6-8-31-9-7-18/h4-5,10-13,16,18H,6-9H2,1-3H3,(H,26,27,28)/t16-/m1/s1. The lowest BCUT2D eigenvalue weighted by Gasteiger charge is -2.24. The Kier molecular flexibility index (Phi) is 6.15. The lowest BCUT2D eigenvalue weighted by Crippen LogP contribution is -2.26. The number of aryl methyl sites for hydroxylation is 2. The van der Waals surface area contributed by atoms with E-state index in [1.807, 2.05) is 38.2 Å². The summed E-state index contributed by atoms with van der Waals surface area (Å²) in [6.45, 7) is 7.45. The number of benzene rings is 1. The molecule has 0 unspecified atom stereocenters. The van der Waals surface area contributed by atoms with E-state index >= 15 is 0 Å². The van der Waals surface area contributed by atoms with Crippen molar-refractivity contribution in [3.63, 3.8) is 0 Å². The van der Waals surface area contributed by atoms with Crippen LogP contribution in [0.4, 0.5) is 5.82 Å². The molecule has 0 saturated carbocycles. The molecule has 8 nitrogen and oxygen atoms in total. The number of aromatic nitrogens is 5. The molecule has 33 heavy (non-hydrogen) atoms. The van der Waals surface area contributed by atoms with E-state index in [0.717, 1.165) is 62.1 Å². The van der Waals surface area contributed by atoms with E-state index in [4.69, 9.17) is 9.47 Å². The van der Waals surface area contributed by atoms with Gasteiger partial charge in [-0.05, 0) is 45.0 Å². The predicted octanol–water partition coefficient (Wildman–Crippen LogP) is 4.89. The summed E-state index contributed by atoms with van der Waals surface area (Å²) in [5.41, 5.74) is 3.50. The molecule has 3 aromatic heterocycles. The topological polar surface area (TPSA) is 94.9 Å². The van der Waals surface area contributed by atoms with Crippen molar-refractivity contribution >= 4 is 28.1 Å². The van der Waals surface area contributed by atoms with Crippen LogP contribution in [0.3, 0.4) is 0 Å². The van der Waals surface area contributed by atoms with Gasteiger partial charge in [0, 0.05) is 34.9 Å². The minimum atomic E-state index is -0.0816. The summed E-state index contributed by atoms with van der Waals surface area (Å²) in [6, 6.07) is 7.98. The Morgan fingerprint density at radius 1 is 1.09 bits per heavy atom. The first-order chi connectivity index (χ1) is 16.1. The third-order valence-electron chi connectivity index (χ3n) is 5.65. The van der Waals surface area contributed by atoms with Crippen molar-refractivity contribution in [2.24, 2.45) is 0 Å². The molecule has 0 aliphatic carbocycles. The van der Waals surface area contributed by atoms with Crippen LogP contribution in [0.5, 0.6) is 5.75 Å². The average Bonchev–Trinajstić information content (AvgIpc) is 3.27. The second-order valence-corrected chi connectivity index (χ2v) is 9.50. The summed E-state index contributed by atoms with van der Waals surface area (Å²) >= 11 is 1.66. The van der Waals surface area contributed by atoms with Gasteiger partial charge in [0.15, 0.2) is 0 Å². The largest absolute Gasteiger partial charge is 0.488 e. The van der Waals surface area contributed by atoms with Crippen molar-refractivity contribution in [1.29, 1.82) is 0 Å². The molecule has 4 aromatic rings. The second kappa shape index (κ2) is 9.36. The van der Waals surface area contributed by atoms with Crippen molar-refractivity contribution < 1.29 is 9.47 Å². The first-order valence-corrected chi connectivity index (χ1v) is 11.9. The molecule has 0 spiro atoms. The van der Waals surface area contributed by atoms with Gasteiger partial charge in [0.2, 0.25) is 0 Å². The molecule has 1 aromatic carbocycles. The van der Waals surface area contributed by atoms with E-state index < -0.39 is 0 Å². The first kappa shape index (κ1) is 21.7. The molecule has 0 amide bonds. The molecule has 5 rings (SSSR count).